The molecule has 2 aromatic heterocycles. The summed E-state index contributed by atoms with van der Waals surface area (Å²) < 4.78 is 7.26. The first-order valence-corrected chi connectivity index (χ1v) is 7.84. The highest BCUT2D eigenvalue weighted by Gasteiger charge is 2.17. The highest BCUT2D eigenvalue weighted by atomic mass is 16.4. The fraction of sp³-hybridized carbons (Fsp3) is 0.333. The maximum absolute atomic E-state index is 11.9. The minimum atomic E-state index is -0.309. The van der Waals surface area contributed by atoms with Crippen LogP contribution in [0.4, 0.5) is 0 Å². The highest BCUT2D eigenvalue weighted by Crippen LogP contribution is 2.26. The molecule has 0 saturated carbocycles. The van der Waals surface area contributed by atoms with Crippen molar-refractivity contribution >= 4 is 11.1 Å². The Bertz CT molecular complexity index is 831. The quantitative estimate of drug-likeness (QED) is 0.717. The molecular formula is C18H20N2O2. The van der Waals surface area contributed by atoms with E-state index in [2.05, 4.69) is 13.8 Å². The maximum Gasteiger partial charge on any atom is 0.337 e. The molecular weight excluding hydrogens is 276 g/mol. The summed E-state index contributed by atoms with van der Waals surface area (Å²) >= 11 is 0. The average Bonchev–Trinajstić information content (AvgIpc) is 2.87. The van der Waals surface area contributed by atoms with E-state index < -0.39 is 0 Å². The topological polar surface area (TPSA) is 48.0 Å². The van der Waals surface area contributed by atoms with Crippen molar-refractivity contribution in [2.24, 2.45) is 0 Å². The van der Waals surface area contributed by atoms with Gasteiger partial charge in [0.25, 0.3) is 0 Å². The van der Waals surface area contributed by atoms with Crippen molar-refractivity contribution in [1.29, 1.82) is 0 Å². The summed E-state index contributed by atoms with van der Waals surface area (Å²) in [6.07, 6.45) is 3.73. The van der Waals surface area contributed by atoms with E-state index in [9.17, 15) is 4.79 Å². The number of fused-ring (bicyclic) bond motifs is 1. The first-order valence-electron chi connectivity index (χ1n) is 7.84. The van der Waals surface area contributed by atoms with Gasteiger partial charge in [-0.05, 0) is 30.5 Å². The summed E-state index contributed by atoms with van der Waals surface area (Å²) in [6.45, 7) is 4.24. The molecule has 2 heterocycles. The van der Waals surface area contributed by atoms with Gasteiger partial charge in [0.05, 0.1) is 16.8 Å². The van der Waals surface area contributed by atoms with Gasteiger partial charge >= 0.3 is 5.63 Å². The second-order valence-electron chi connectivity index (χ2n) is 5.46. The van der Waals surface area contributed by atoms with Gasteiger partial charge in [0.1, 0.15) is 0 Å². The fourth-order valence-corrected chi connectivity index (χ4v) is 2.82. The van der Waals surface area contributed by atoms with Gasteiger partial charge < -0.3 is 4.42 Å². The average molecular weight is 296 g/mol. The monoisotopic (exact) mass is 296 g/mol. The molecule has 0 N–H and O–H groups in total. The van der Waals surface area contributed by atoms with Crippen LogP contribution < -0.4 is 5.63 Å². The van der Waals surface area contributed by atoms with E-state index in [0.717, 1.165) is 48.0 Å². The molecule has 3 aromatic rings. The van der Waals surface area contributed by atoms with Crippen molar-refractivity contribution in [2.45, 2.75) is 39.5 Å². The van der Waals surface area contributed by atoms with Crippen molar-refractivity contribution < 1.29 is 4.42 Å². The van der Waals surface area contributed by atoms with Crippen LogP contribution in [-0.2, 0) is 12.8 Å². The predicted molar refractivity (Wildman–Crippen MR) is 87.6 cm³/mol. The number of aryl methyl sites for hydroxylation is 2. The van der Waals surface area contributed by atoms with Crippen LogP contribution in [0, 0.1) is 0 Å². The van der Waals surface area contributed by atoms with E-state index in [4.69, 9.17) is 9.52 Å². The molecule has 0 atom stereocenters. The molecule has 0 saturated heterocycles. The third-order valence-corrected chi connectivity index (χ3v) is 3.73. The Hall–Kier alpha value is -2.36. The van der Waals surface area contributed by atoms with E-state index in [1.54, 1.807) is 10.7 Å². The largest absolute Gasteiger partial charge is 0.403 e. The molecule has 0 aliphatic heterocycles. The lowest BCUT2D eigenvalue weighted by atomic mass is 10.1. The Morgan fingerprint density at radius 3 is 2.50 bits per heavy atom. The van der Waals surface area contributed by atoms with Gasteiger partial charge in [-0.2, -0.15) is 9.78 Å². The minimum absolute atomic E-state index is 0.309. The van der Waals surface area contributed by atoms with Crippen LogP contribution in [0.15, 0.2) is 45.6 Å². The SMILES string of the molecule is CCCc1cc(=O)oc2c1c(CCC)nn2-c1ccccc1. The molecule has 0 bridgehead atoms. The van der Waals surface area contributed by atoms with Gasteiger partial charge in [0, 0.05) is 6.07 Å². The van der Waals surface area contributed by atoms with Crippen molar-refractivity contribution in [3.05, 3.63) is 58.1 Å². The number of hydrogen-bond donors (Lipinski definition) is 0. The molecule has 0 amide bonds. The molecule has 0 aliphatic carbocycles. The molecule has 0 unspecified atom stereocenters. The standard InChI is InChI=1S/C18H20N2O2/c1-3-8-13-12-16(21)22-18-17(13)15(9-4-2)19-20(18)14-10-6-5-7-11-14/h5-7,10-12H,3-4,8-9H2,1-2H3. The zero-order chi connectivity index (χ0) is 15.5. The number of para-hydroxylation sites is 1. The van der Waals surface area contributed by atoms with Crippen LogP contribution in [0.5, 0.6) is 0 Å². The van der Waals surface area contributed by atoms with Gasteiger partial charge in [0.15, 0.2) is 0 Å². The van der Waals surface area contributed by atoms with E-state index >= 15 is 0 Å². The smallest absolute Gasteiger partial charge is 0.337 e. The van der Waals surface area contributed by atoms with Gasteiger partial charge in [0.2, 0.25) is 5.71 Å². The third-order valence-electron chi connectivity index (χ3n) is 3.73. The zero-order valence-electron chi connectivity index (χ0n) is 13.0. The number of hydrogen-bond acceptors (Lipinski definition) is 3. The molecule has 4 nitrogen and oxygen atoms in total. The van der Waals surface area contributed by atoms with E-state index in [0.29, 0.717) is 5.71 Å². The van der Waals surface area contributed by atoms with E-state index in [1.807, 2.05) is 30.3 Å². The Kier molecular flexibility index (Phi) is 4.09. The van der Waals surface area contributed by atoms with Crippen molar-refractivity contribution in [1.82, 2.24) is 9.78 Å². The molecule has 114 valence electrons. The fourth-order valence-electron chi connectivity index (χ4n) is 2.82. The molecule has 0 aliphatic rings. The summed E-state index contributed by atoms with van der Waals surface area (Å²) in [5.41, 5.74) is 3.21. The second-order valence-corrected chi connectivity index (χ2v) is 5.46. The summed E-state index contributed by atoms with van der Waals surface area (Å²) in [7, 11) is 0. The summed E-state index contributed by atoms with van der Waals surface area (Å²) in [4.78, 5) is 11.9. The van der Waals surface area contributed by atoms with E-state index in [-0.39, 0.29) is 5.63 Å². The minimum Gasteiger partial charge on any atom is -0.403 e. The molecule has 22 heavy (non-hydrogen) atoms. The number of aromatic nitrogens is 2. The summed E-state index contributed by atoms with van der Waals surface area (Å²) in [5.74, 6) is 0. The second kappa shape index (κ2) is 6.18. The van der Waals surface area contributed by atoms with Crippen LogP contribution in [0.25, 0.3) is 16.8 Å². The molecule has 1 aromatic carbocycles. The van der Waals surface area contributed by atoms with Crippen molar-refractivity contribution in [3.63, 3.8) is 0 Å². The Morgan fingerprint density at radius 1 is 1.09 bits per heavy atom. The molecule has 0 radical (unpaired) electrons. The van der Waals surface area contributed by atoms with Gasteiger partial charge in [-0.15, -0.1) is 0 Å². The van der Waals surface area contributed by atoms with Crippen LogP contribution in [0.2, 0.25) is 0 Å². The lowest BCUT2D eigenvalue weighted by molar-refractivity contribution is 0.533. The molecule has 0 fully saturated rings. The third kappa shape index (κ3) is 2.56. The number of benzene rings is 1. The van der Waals surface area contributed by atoms with Crippen molar-refractivity contribution in [2.75, 3.05) is 0 Å². The summed E-state index contributed by atoms with van der Waals surface area (Å²) in [5, 5.41) is 5.72. The predicted octanol–water partition coefficient (Wildman–Crippen LogP) is 3.88. The van der Waals surface area contributed by atoms with E-state index in [1.165, 1.54) is 0 Å². The lowest BCUT2D eigenvalue weighted by Crippen LogP contribution is -2.03. The maximum atomic E-state index is 11.9. The molecule has 4 heteroatoms. The van der Waals surface area contributed by atoms with Crippen LogP contribution in [-0.4, -0.2) is 9.78 Å². The first-order chi connectivity index (χ1) is 10.7. The van der Waals surface area contributed by atoms with Gasteiger partial charge in [-0.25, -0.2) is 4.79 Å². The van der Waals surface area contributed by atoms with Gasteiger partial charge in [-0.1, -0.05) is 44.9 Å². The molecule has 0 spiro atoms. The normalized spacial score (nSPS) is 11.2. The van der Waals surface area contributed by atoms with Crippen LogP contribution in [0.1, 0.15) is 37.9 Å². The lowest BCUT2D eigenvalue weighted by Gasteiger charge is -2.03. The van der Waals surface area contributed by atoms with Gasteiger partial charge in [-0.3, -0.25) is 0 Å². The van der Waals surface area contributed by atoms with Crippen molar-refractivity contribution in [3.8, 4) is 5.69 Å². The Balaban J connectivity index is 2.32. The van der Waals surface area contributed by atoms with Crippen LogP contribution in [0.3, 0.4) is 0 Å². The molecule has 3 rings (SSSR count). The summed E-state index contributed by atoms with van der Waals surface area (Å²) in [6, 6.07) is 11.4. The Morgan fingerprint density at radius 2 is 1.82 bits per heavy atom. The Labute approximate surface area is 129 Å². The zero-order valence-corrected chi connectivity index (χ0v) is 13.0. The number of rotatable bonds is 5. The number of nitrogens with zero attached hydrogens (tertiary/aromatic N) is 2. The highest BCUT2D eigenvalue weighted by molar-refractivity contribution is 5.82. The first kappa shape index (κ1) is 14.6. The van der Waals surface area contributed by atoms with Crippen LogP contribution >= 0.6 is 0 Å².